The topological polar surface area (TPSA) is 111 Å². The first-order valence-corrected chi connectivity index (χ1v) is 14.6. The van der Waals surface area contributed by atoms with Crippen molar-refractivity contribution in [3.8, 4) is 5.75 Å². The molecule has 0 unspecified atom stereocenters. The van der Waals surface area contributed by atoms with Crippen LogP contribution in [0.2, 0.25) is 0 Å². The van der Waals surface area contributed by atoms with Gasteiger partial charge in [-0.05, 0) is 70.9 Å². The van der Waals surface area contributed by atoms with Crippen LogP contribution in [0.25, 0.3) is 0 Å². The first kappa shape index (κ1) is 31.3. The number of aliphatic imine (C=N–C) groups is 2. The van der Waals surface area contributed by atoms with Crippen molar-refractivity contribution in [3.05, 3.63) is 48.1 Å². The molecular formula is C30H44F2N8O2. The lowest BCUT2D eigenvalue weighted by atomic mass is 10.0. The van der Waals surface area contributed by atoms with Gasteiger partial charge in [-0.25, -0.2) is 4.99 Å². The molecule has 1 saturated carbocycles. The van der Waals surface area contributed by atoms with Crippen LogP contribution in [0.15, 0.2) is 52.5 Å². The number of nitrogens with two attached hydrogens (primary N) is 1. The normalized spacial score (nSPS) is 23.4. The van der Waals surface area contributed by atoms with Crippen LogP contribution < -0.4 is 21.1 Å². The summed E-state index contributed by atoms with van der Waals surface area (Å²) in [6.45, 7) is 7.33. The van der Waals surface area contributed by atoms with Crippen molar-refractivity contribution in [1.29, 1.82) is 0 Å². The van der Waals surface area contributed by atoms with E-state index >= 15 is 8.78 Å². The second kappa shape index (κ2) is 13.5. The minimum Gasteiger partial charge on any atom is -0.495 e. The van der Waals surface area contributed by atoms with Crippen molar-refractivity contribution in [2.75, 3.05) is 52.7 Å². The van der Waals surface area contributed by atoms with Crippen LogP contribution in [0, 0.1) is 0 Å². The monoisotopic (exact) mass is 586 g/mol. The van der Waals surface area contributed by atoms with Gasteiger partial charge in [-0.1, -0.05) is 19.4 Å². The quantitative estimate of drug-likeness (QED) is 0.425. The number of benzene rings is 1. The van der Waals surface area contributed by atoms with Gasteiger partial charge in [0.1, 0.15) is 17.3 Å². The predicted octanol–water partition coefficient (Wildman–Crippen LogP) is 3.84. The van der Waals surface area contributed by atoms with E-state index in [2.05, 4.69) is 34.2 Å². The van der Waals surface area contributed by atoms with E-state index in [-0.39, 0.29) is 36.2 Å². The van der Waals surface area contributed by atoms with E-state index in [1.165, 1.54) is 25.3 Å². The molecule has 2 aliphatic heterocycles. The lowest BCUT2D eigenvalue weighted by Gasteiger charge is -2.32. The Labute approximate surface area is 247 Å². The van der Waals surface area contributed by atoms with Gasteiger partial charge in [0.25, 0.3) is 5.91 Å². The summed E-state index contributed by atoms with van der Waals surface area (Å²) in [4.78, 5) is 27.0. The van der Waals surface area contributed by atoms with E-state index in [1.807, 2.05) is 0 Å². The molecule has 230 valence electrons. The number of rotatable bonds is 8. The molecule has 10 nitrogen and oxygen atoms in total. The predicted molar refractivity (Wildman–Crippen MR) is 163 cm³/mol. The molecule has 2 heterocycles. The van der Waals surface area contributed by atoms with Crippen LogP contribution in [-0.2, 0) is 0 Å². The van der Waals surface area contributed by atoms with Crippen LogP contribution >= 0.6 is 0 Å². The number of nitrogens with zero attached hydrogens (tertiary/aromatic N) is 5. The van der Waals surface area contributed by atoms with Gasteiger partial charge in [0.2, 0.25) is 0 Å². The molecule has 1 aromatic rings. The SMILES string of the molecule is C=C(N=C1/C(=C\N)N(C)C(=NCC)C(F)(F)CN1C1CCCC1)Nc1ccc(C(=O)NC2CCN(C)CC2)cc1OC. The van der Waals surface area contributed by atoms with E-state index in [4.69, 9.17) is 15.5 Å². The van der Waals surface area contributed by atoms with Crippen LogP contribution in [-0.4, -0.2) is 97.7 Å². The summed E-state index contributed by atoms with van der Waals surface area (Å²) < 4.78 is 36.7. The molecule has 4 N–H and O–H groups in total. The molecule has 0 radical (unpaired) electrons. The highest BCUT2D eigenvalue weighted by Gasteiger charge is 2.48. The van der Waals surface area contributed by atoms with Crippen molar-refractivity contribution in [1.82, 2.24) is 20.0 Å². The fourth-order valence-corrected chi connectivity index (χ4v) is 5.88. The lowest BCUT2D eigenvalue weighted by molar-refractivity contribution is 0.0389. The summed E-state index contributed by atoms with van der Waals surface area (Å²) in [6, 6.07) is 5.12. The van der Waals surface area contributed by atoms with E-state index < -0.39 is 12.5 Å². The van der Waals surface area contributed by atoms with Gasteiger partial charge in [-0.15, -0.1) is 0 Å². The van der Waals surface area contributed by atoms with Gasteiger partial charge >= 0.3 is 5.92 Å². The highest BCUT2D eigenvalue weighted by atomic mass is 19.3. The van der Waals surface area contributed by atoms with Crippen molar-refractivity contribution in [2.24, 2.45) is 15.7 Å². The van der Waals surface area contributed by atoms with Crippen LogP contribution in [0.4, 0.5) is 14.5 Å². The number of carbonyl (C=O) groups is 1. The molecule has 0 bridgehead atoms. The Bertz CT molecular complexity index is 1230. The zero-order valence-electron chi connectivity index (χ0n) is 25.1. The van der Waals surface area contributed by atoms with Gasteiger partial charge in [-0.2, -0.15) is 8.78 Å². The molecule has 0 atom stereocenters. The number of methoxy groups -OCH3 is 1. The lowest BCUT2D eigenvalue weighted by Crippen LogP contribution is -2.47. The molecule has 1 amide bonds. The maximum atomic E-state index is 15.6. The summed E-state index contributed by atoms with van der Waals surface area (Å²) in [5.74, 6) is -2.77. The Hall–Kier alpha value is -3.67. The van der Waals surface area contributed by atoms with Crippen molar-refractivity contribution < 1.29 is 18.3 Å². The number of hydrogen-bond acceptors (Lipinski definition) is 7. The van der Waals surface area contributed by atoms with Crippen molar-refractivity contribution in [3.63, 3.8) is 0 Å². The third kappa shape index (κ3) is 7.03. The summed E-state index contributed by atoms with van der Waals surface area (Å²) in [5.41, 5.74) is 7.37. The number of hydrogen-bond donors (Lipinski definition) is 3. The standard InChI is InChI=1S/C30H44F2N8O2/c1-6-34-29-30(31,32)19-40(23-9-7-8-10-23)27(25(18-33)39(29)4)36-20(2)35-24-12-11-21(17-26(24)42-5)28(41)37-22-13-15-38(3)16-14-22/h11-12,17-18,22-23,35H,2,6-10,13-16,19,33H2,1,3-5H3,(H,37,41)/b25-18+,34-29?,36-27?. The van der Waals surface area contributed by atoms with Gasteiger partial charge in [0.05, 0.1) is 19.3 Å². The summed E-state index contributed by atoms with van der Waals surface area (Å²) in [6.07, 6.45) is 6.59. The minimum atomic E-state index is -3.21. The van der Waals surface area contributed by atoms with E-state index in [1.54, 1.807) is 30.0 Å². The van der Waals surface area contributed by atoms with Crippen molar-refractivity contribution in [2.45, 2.75) is 63.5 Å². The molecule has 3 aliphatic rings. The average molecular weight is 587 g/mol. The second-order valence-corrected chi connectivity index (χ2v) is 11.2. The Morgan fingerprint density at radius 3 is 2.52 bits per heavy atom. The molecule has 0 spiro atoms. The number of likely N-dealkylation sites (tertiary alicyclic amines) is 1. The number of nitrogens with one attached hydrogen (secondary N) is 2. The van der Waals surface area contributed by atoms with Crippen LogP contribution in [0.1, 0.15) is 55.8 Å². The first-order valence-electron chi connectivity index (χ1n) is 14.6. The number of amidine groups is 2. The number of amides is 1. The third-order valence-corrected chi connectivity index (χ3v) is 8.14. The average Bonchev–Trinajstić information content (AvgIpc) is 3.48. The Morgan fingerprint density at radius 1 is 1.21 bits per heavy atom. The second-order valence-electron chi connectivity index (χ2n) is 11.2. The molecule has 12 heteroatoms. The van der Waals surface area contributed by atoms with Gasteiger partial charge in [-0.3, -0.25) is 9.79 Å². The Kier molecular flexibility index (Phi) is 10.1. The zero-order chi connectivity index (χ0) is 30.4. The zero-order valence-corrected chi connectivity index (χ0v) is 25.1. The fraction of sp³-hybridized carbons (Fsp3) is 0.567. The summed E-state index contributed by atoms with van der Waals surface area (Å²) in [5, 5.41) is 6.25. The maximum absolute atomic E-state index is 15.6. The molecular weight excluding hydrogens is 542 g/mol. The summed E-state index contributed by atoms with van der Waals surface area (Å²) >= 11 is 0. The van der Waals surface area contributed by atoms with Crippen LogP contribution in [0.3, 0.4) is 0 Å². The number of anilines is 1. The number of ether oxygens (including phenoxy) is 1. The largest absolute Gasteiger partial charge is 0.495 e. The Balaban J connectivity index is 1.59. The van der Waals surface area contributed by atoms with E-state index in [9.17, 15) is 4.79 Å². The molecule has 3 fully saturated rings. The van der Waals surface area contributed by atoms with Gasteiger partial charge < -0.3 is 35.8 Å². The molecule has 4 rings (SSSR count). The number of carbonyl (C=O) groups excluding carboxylic acids is 1. The molecule has 0 aromatic heterocycles. The van der Waals surface area contributed by atoms with Gasteiger partial charge in [0, 0.05) is 37.4 Å². The molecule has 1 aromatic carbocycles. The molecule has 2 saturated heterocycles. The number of likely N-dealkylation sites (N-methyl/N-ethyl adjacent to an activating group) is 1. The highest BCUT2D eigenvalue weighted by Crippen LogP contribution is 2.34. The van der Waals surface area contributed by atoms with E-state index in [0.717, 1.165) is 51.6 Å². The van der Waals surface area contributed by atoms with Crippen LogP contribution in [0.5, 0.6) is 5.75 Å². The first-order chi connectivity index (χ1) is 20.1. The number of halogens is 2. The van der Waals surface area contributed by atoms with E-state index in [0.29, 0.717) is 28.5 Å². The van der Waals surface area contributed by atoms with Gasteiger partial charge in [0.15, 0.2) is 11.7 Å². The number of piperidine rings is 1. The number of alkyl halides is 2. The minimum absolute atomic E-state index is 0.108. The molecule has 42 heavy (non-hydrogen) atoms. The smallest absolute Gasteiger partial charge is 0.321 e. The third-order valence-electron chi connectivity index (χ3n) is 8.14. The highest BCUT2D eigenvalue weighted by molar-refractivity contribution is 6.06. The Morgan fingerprint density at radius 2 is 1.90 bits per heavy atom. The maximum Gasteiger partial charge on any atom is 0.321 e. The summed E-state index contributed by atoms with van der Waals surface area (Å²) in [7, 11) is 5.12. The fourth-order valence-electron chi connectivity index (χ4n) is 5.88. The van der Waals surface area contributed by atoms with Crippen molar-refractivity contribution >= 4 is 23.3 Å². The molecule has 1 aliphatic carbocycles.